The summed E-state index contributed by atoms with van der Waals surface area (Å²) in [6, 6.07) is 5.84. The quantitative estimate of drug-likeness (QED) is 0.814. The fraction of sp³-hybridized carbons (Fsp3) is 0.533. The first kappa shape index (κ1) is 12.5. The summed E-state index contributed by atoms with van der Waals surface area (Å²) < 4.78 is 0. The number of amides is 1. The van der Waals surface area contributed by atoms with Gasteiger partial charge in [-0.2, -0.15) is 0 Å². The first-order valence-corrected chi connectivity index (χ1v) is 6.84. The number of anilines is 2. The van der Waals surface area contributed by atoms with Crippen molar-refractivity contribution in [3.63, 3.8) is 0 Å². The van der Waals surface area contributed by atoms with Crippen molar-refractivity contribution in [2.45, 2.75) is 32.8 Å². The Morgan fingerprint density at radius 3 is 2.95 bits per heavy atom. The van der Waals surface area contributed by atoms with E-state index < -0.39 is 6.10 Å². The predicted molar refractivity (Wildman–Crippen MR) is 75.3 cm³/mol. The fourth-order valence-electron chi connectivity index (χ4n) is 3.07. The van der Waals surface area contributed by atoms with E-state index >= 15 is 0 Å². The van der Waals surface area contributed by atoms with Crippen molar-refractivity contribution in [2.24, 2.45) is 5.41 Å². The molecule has 2 aliphatic heterocycles. The van der Waals surface area contributed by atoms with Gasteiger partial charge >= 0.3 is 0 Å². The number of rotatable bonds is 1. The number of carbonyl (C=O) groups is 1. The van der Waals surface area contributed by atoms with Crippen LogP contribution in [0.25, 0.3) is 0 Å². The van der Waals surface area contributed by atoms with Crippen LogP contribution in [0.4, 0.5) is 11.4 Å². The minimum Gasteiger partial charge on any atom is -0.378 e. The molecule has 0 saturated carbocycles. The highest BCUT2D eigenvalue weighted by Crippen LogP contribution is 2.36. The van der Waals surface area contributed by atoms with Gasteiger partial charge in [0.1, 0.15) is 0 Å². The number of piperidine rings is 1. The van der Waals surface area contributed by atoms with Gasteiger partial charge in [0.25, 0.3) is 5.91 Å². The SMILES string of the molecule is CC1(C)CCCN(c2ccc3c(c2)NC(=O)C3O)C1. The third-order valence-corrected chi connectivity index (χ3v) is 4.10. The molecule has 0 bridgehead atoms. The van der Waals surface area contributed by atoms with Gasteiger partial charge in [0.05, 0.1) is 0 Å². The van der Waals surface area contributed by atoms with Crippen molar-refractivity contribution in [2.75, 3.05) is 23.3 Å². The third kappa shape index (κ3) is 2.21. The summed E-state index contributed by atoms with van der Waals surface area (Å²) in [4.78, 5) is 13.8. The monoisotopic (exact) mass is 260 g/mol. The number of hydrogen-bond acceptors (Lipinski definition) is 3. The molecule has 1 amide bonds. The van der Waals surface area contributed by atoms with E-state index in [-0.39, 0.29) is 5.91 Å². The summed E-state index contributed by atoms with van der Waals surface area (Å²) >= 11 is 0. The normalized spacial score (nSPS) is 25.1. The lowest BCUT2D eigenvalue weighted by molar-refractivity contribution is -0.123. The van der Waals surface area contributed by atoms with Gasteiger partial charge in [0, 0.05) is 30.0 Å². The molecule has 102 valence electrons. The highest BCUT2D eigenvalue weighted by Gasteiger charge is 2.30. The third-order valence-electron chi connectivity index (χ3n) is 4.10. The molecule has 1 atom stereocenters. The molecule has 0 aromatic heterocycles. The van der Waals surface area contributed by atoms with Crippen molar-refractivity contribution < 1.29 is 9.90 Å². The van der Waals surface area contributed by atoms with Crippen LogP contribution in [0.2, 0.25) is 0 Å². The molecule has 1 fully saturated rings. The smallest absolute Gasteiger partial charge is 0.257 e. The highest BCUT2D eigenvalue weighted by atomic mass is 16.3. The molecule has 0 radical (unpaired) electrons. The van der Waals surface area contributed by atoms with Gasteiger partial charge in [-0.1, -0.05) is 19.9 Å². The number of nitrogens with zero attached hydrogens (tertiary/aromatic N) is 1. The minimum absolute atomic E-state index is 0.328. The summed E-state index contributed by atoms with van der Waals surface area (Å²) in [5, 5.41) is 12.4. The molecule has 0 spiro atoms. The molecule has 2 aliphatic rings. The maximum absolute atomic E-state index is 11.4. The van der Waals surface area contributed by atoms with Crippen LogP contribution < -0.4 is 10.2 Å². The Bertz CT molecular complexity index is 525. The molecule has 1 aromatic rings. The van der Waals surface area contributed by atoms with Crippen LogP contribution in [0.5, 0.6) is 0 Å². The van der Waals surface area contributed by atoms with Crippen molar-refractivity contribution in [3.05, 3.63) is 23.8 Å². The number of nitrogens with one attached hydrogen (secondary N) is 1. The fourth-order valence-corrected chi connectivity index (χ4v) is 3.07. The molecule has 2 heterocycles. The molecule has 3 rings (SSSR count). The lowest BCUT2D eigenvalue weighted by atomic mass is 9.84. The summed E-state index contributed by atoms with van der Waals surface area (Å²) in [6.07, 6.45) is 1.44. The number of fused-ring (bicyclic) bond motifs is 1. The zero-order chi connectivity index (χ0) is 13.6. The van der Waals surface area contributed by atoms with E-state index in [0.717, 1.165) is 24.5 Å². The maximum Gasteiger partial charge on any atom is 0.257 e. The van der Waals surface area contributed by atoms with E-state index in [1.54, 1.807) is 0 Å². The second-order valence-corrected chi connectivity index (χ2v) is 6.35. The number of aliphatic hydroxyl groups excluding tert-OH is 1. The van der Waals surface area contributed by atoms with E-state index in [9.17, 15) is 9.90 Å². The Morgan fingerprint density at radius 2 is 2.21 bits per heavy atom. The summed E-state index contributed by atoms with van der Waals surface area (Å²) in [6.45, 7) is 6.66. The Balaban J connectivity index is 1.87. The summed E-state index contributed by atoms with van der Waals surface area (Å²) in [7, 11) is 0. The average Bonchev–Trinajstić information content (AvgIpc) is 2.63. The van der Waals surface area contributed by atoms with Gasteiger partial charge in [0.15, 0.2) is 6.10 Å². The Labute approximate surface area is 113 Å². The first-order valence-electron chi connectivity index (χ1n) is 6.84. The number of aliphatic hydroxyl groups is 1. The van der Waals surface area contributed by atoms with E-state index in [1.807, 2.05) is 18.2 Å². The lowest BCUT2D eigenvalue weighted by Gasteiger charge is -2.39. The van der Waals surface area contributed by atoms with Gasteiger partial charge in [-0.3, -0.25) is 4.79 Å². The zero-order valence-corrected chi connectivity index (χ0v) is 11.4. The van der Waals surface area contributed by atoms with Crippen molar-refractivity contribution in [3.8, 4) is 0 Å². The first-order chi connectivity index (χ1) is 8.96. The molecule has 0 aliphatic carbocycles. The van der Waals surface area contributed by atoms with Crippen LogP contribution in [0, 0.1) is 5.41 Å². The molecule has 1 aromatic carbocycles. The van der Waals surface area contributed by atoms with Crippen LogP contribution >= 0.6 is 0 Å². The maximum atomic E-state index is 11.4. The second-order valence-electron chi connectivity index (χ2n) is 6.35. The minimum atomic E-state index is -1.01. The van der Waals surface area contributed by atoms with Gasteiger partial charge < -0.3 is 15.3 Å². The van der Waals surface area contributed by atoms with Crippen molar-refractivity contribution in [1.82, 2.24) is 0 Å². The molecule has 2 N–H and O–H groups in total. The van der Waals surface area contributed by atoms with Crippen molar-refractivity contribution >= 4 is 17.3 Å². The molecule has 1 saturated heterocycles. The lowest BCUT2D eigenvalue weighted by Crippen LogP contribution is -2.40. The largest absolute Gasteiger partial charge is 0.378 e. The molecular weight excluding hydrogens is 240 g/mol. The molecule has 4 nitrogen and oxygen atoms in total. The van der Waals surface area contributed by atoms with Crippen LogP contribution in [0.3, 0.4) is 0 Å². The van der Waals surface area contributed by atoms with Gasteiger partial charge in [-0.25, -0.2) is 0 Å². The van der Waals surface area contributed by atoms with Crippen LogP contribution in [-0.4, -0.2) is 24.1 Å². The predicted octanol–water partition coefficient (Wildman–Crippen LogP) is 2.30. The highest BCUT2D eigenvalue weighted by molar-refractivity contribution is 6.02. The molecular formula is C15H20N2O2. The van der Waals surface area contributed by atoms with Crippen molar-refractivity contribution in [1.29, 1.82) is 0 Å². The Kier molecular flexibility index (Phi) is 2.78. The van der Waals surface area contributed by atoms with E-state index in [2.05, 4.69) is 24.1 Å². The number of benzene rings is 1. The number of hydrogen-bond donors (Lipinski definition) is 2. The van der Waals surface area contributed by atoms with Crippen LogP contribution in [0.1, 0.15) is 38.4 Å². The van der Waals surface area contributed by atoms with Gasteiger partial charge in [0.2, 0.25) is 0 Å². The van der Waals surface area contributed by atoms with Crippen LogP contribution in [-0.2, 0) is 4.79 Å². The second kappa shape index (κ2) is 4.23. The Morgan fingerprint density at radius 1 is 1.42 bits per heavy atom. The van der Waals surface area contributed by atoms with Gasteiger partial charge in [-0.15, -0.1) is 0 Å². The van der Waals surface area contributed by atoms with Gasteiger partial charge in [-0.05, 0) is 30.4 Å². The topological polar surface area (TPSA) is 52.6 Å². The van der Waals surface area contributed by atoms with Crippen LogP contribution in [0.15, 0.2) is 18.2 Å². The van der Waals surface area contributed by atoms with E-state index in [1.165, 1.54) is 12.8 Å². The summed E-state index contributed by atoms with van der Waals surface area (Å²) in [5.41, 5.74) is 2.89. The molecule has 1 unspecified atom stereocenters. The van der Waals surface area contributed by atoms with E-state index in [4.69, 9.17) is 0 Å². The summed E-state index contributed by atoms with van der Waals surface area (Å²) in [5.74, 6) is -0.328. The standard InChI is InChI=1S/C15H20N2O2/c1-15(2)6-3-7-17(9-15)10-4-5-11-12(8-10)16-14(19)13(11)18/h4-5,8,13,18H,3,6-7,9H2,1-2H3,(H,16,19). The van der Waals surface area contributed by atoms with E-state index in [0.29, 0.717) is 11.0 Å². The molecule has 4 heteroatoms. The zero-order valence-electron chi connectivity index (χ0n) is 11.4. The average molecular weight is 260 g/mol. The Hall–Kier alpha value is -1.55. The molecule has 19 heavy (non-hydrogen) atoms. The number of carbonyl (C=O) groups excluding carboxylic acids is 1.